The van der Waals surface area contributed by atoms with Gasteiger partial charge >= 0.3 is 0 Å². The van der Waals surface area contributed by atoms with Gasteiger partial charge in [-0.3, -0.25) is 9.48 Å². The first-order chi connectivity index (χ1) is 16.5. The number of nitrogens with zero attached hydrogens (tertiary/aromatic N) is 6. The number of nitriles is 1. The number of rotatable bonds is 4. The lowest BCUT2D eigenvalue weighted by Gasteiger charge is -2.27. The average Bonchev–Trinajstić information content (AvgIpc) is 3.23. The van der Waals surface area contributed by atoms with E-state index in [1.807, 2.05) is 6.07 Å². The van der Waals surface area contributed by atoms with Crippen molar-refractivity contribution in [2.45, 2.75) is 19.5 Å². The van der Waals surface area contributed by atoms with Crippen molar-refractivity contribution in [3.8, 4) is 17.3 Å². The number of hydrogen-bond acceptors (Lipinski definition) is 5. The molecule has 2 aromatic carbocycles. The molecule has 9 heteroatoms. The van der Waals surface area contributed by atoms with Crippen LogP contribution in [0, 0.1) is 23.0 Å². The van der Waals surface area contributed by atoms with Crippen molar-refractivity contribution in [1.29, 1.82) is 5.26 Å². The molecule has 0 spiro atoms. The van der Waals surface area contributed by atoms with E-state index in [2.05, 4.69) is 16.0 Å². The van der Waals surface area contributed by atoms with Crippen LogP contribution >= 0.6 is 0 Å². The molecular formula is C25H18F2N6O. The molecule has 1 aliphatic rings. The molecule has 0 fully saturated rings. The Kier molecular flexibility index (Phi) is 5.55. The van der Waals surface area contributed by atoms with E-state index in [9.17, 15) is 18.8 Å². The number of carbonyl (C=O) groups is 1. The van der Waals surface area contributed by atoms with E-state index in [0.717, 1.165) is 22.9 Å². The van der Waals surface area contributed by atoms with Gasteiger partial charge in [0.2, 0.25) is 0 Å². The van der Waals surface area contributed by atoms with Gasteiger partial charge in [-0.25, -0.2) is 18.7 Å². The topological polar surface area (TPSA) is 87.7 Å². The molecule has 0 radical (unpaired) electrons. The van der Waals surface area contributed by atoms with Gasteiger partial charge in [0.05, 0.1) is 30.4 Å². The highest BCUT2D eigenvalue weighted by Crippen LogP contribution is 2.31. The quantitative estimate of drug-likeness (QED) is 0.467. The second-order valence-corrected chi connectivity index (χ2v) is 7.93. The molecule has 5 rings (SSSR count). The smallest absolute Gasteiger partial charge is 0.272 e. The van der Waals surface area contributed by atoms with Crippen molar-refractivity contribution in [1.82, 2.24) is 24.6 Å². The van der Waals surface area contributed by atoms with E-state index >= 15 is 0 Å². The molecule has 0 aliphatic carbocycles. The standard InChI is InChI=1S/C25H18F2N6O/c26-19-5-4-18(21(27)11-19)13-33-23-7-9-32(25(34)22-6-8-29-15-30-22)14-20(23)24(31-33)17-3-1-2-16(10-17)12-28/h1-6,8,10-11,15H,7,9,13-14H2. The lowest BCUT2D eigenvalue weighted by atomic mass is 9.99. The molecule has 168 valence electrons. The van der Waals surface area contributed by atoms with E-state index in [0.29, 0.717) is 35.5 Å². The zero-order valence-electron chi connectivity index (χ0n) is 17.9. The number of halogens is 2. The number of benzene rings is 2. The summed E-state index contributed by atoms with van der Waals surface area (Å²) in [7, 11) is 0. The molecular weight excluding hydrogens is 438 g/mol. The molecule has 0 saturated heterocycles. The van der Waals surface area contributed by atoms with Crippen molar-refractivity contribution in [2.24, 2.45) is 0 Å². The van der Waals surface area contributed by atoms with E-state index < -0.39 is 11.6 Å². The molecule has 0 unspecified atom stereocenters. The highest BCUT2D eigenvalue weighted by molar-refractivity contribution is 5.92. The fourth-order valence-electron chi connectivity index (χ4n) is 4.15. The van der Waals surface area contributed by atoms with E-state index in [1.54, 1.807) is 33.8 Å². The number of fused-ring (bicyclic) bond motifs is 1. The second kappa shape index (κ2) is 8.83. The Morgan fingerprint density at radius 3 is 2.79 bits per heavy atom. The molecule has 34 heavy (non-hydrogen) atoms. The van der Waals surface area contributed by atoms with Crippen molar-refractivity contribution < 1.29 is 13.6 Å². The molecule has 0 saturated carbocycles. The van der Waals surface area contributed by atoms with E-state index in [-0.39, 0.29) is 19.0 Å². The monoisotopic (exact) mass is 456 g/mol. The van der Waals surface area contributed by atoms with Gasteiger partial charge < -0.3 is 4.90 Å². The first kappa shape index (κ1) is 21.4. The number of carbonyl (C=O) groups excluding carboxylic acids is 1. The molecule has 0 atom stereocenters. The summed E-state index contributed by atoms with van der Waals surface area (Å²) in [4.78, 5) is 22.6. The number of aromatic nitrogens is 4. The minimum atomic E-state index is -0.645. The van der Waals surface area contributed by atoms with E-state index in [1.165, 1.54) is 24.7 Å². The summed E-state index contributed by atoms with van der Waals surface area (Å²) >= 11 is 0. The normalized spacial score (nSPS) is 12.8. The van der Waals surface area contributed by atoms with Crippen LogP contribution in [0.4, 0.5) is 8.78 Å². The first-order valence-corrected chi connectivity index (χ1v) is 10.6. The predicted molar refractivity (Wildman–Crippen MR) is 118 cm³/mol. The SMILES string of the molecule is N#Cc1cccc(-c2nn(Cc3ccc(F)cc3F)c3c2CN(C(=O)c2ccncn2)CC3)c1. The summed E-state index contributed by atoms with van der Waals surface area (Å²) < 4.78 is 29.5. The zero-order chi connectivity index (χ0) is 23.7. The van der Waals surface area contributed by atoms with Crippen LogP contribution in [0.25, 0.3) is 11.3 Å². The maximum Gasteiger partial charge on any atom is 0.272 e. The van der Waals surface area contributed by atoms with Gasteiger partial charge in [0.25, 0.3) is 5.91 Å². The molecule has 4 aromatic rings. The minimum absolute atomic E-state index is 0.117. The van der Waals surface area contributed by atoms with Crippen LogP contribution in [0.2, 0.25) is 0 Å². The molecule has 0 bridgehead atoms. The maximum absolute atomic E-state index is 14.4. The molecule has 3 heterocycles. The van der Waals surface area contributed by atoms with Gasteiger partial charge in [0.1, 0.15) is 23.7 Å². The third-order valence-corrected chi connectivity index (χ3v) is 5.82. The molecule has 0 N–H and O–H groups in total. The van der Waals surface area contributed by atoms with Crippen LogP contribution in [-0.4, -0.2) is 37.1 Å². The molecule has 1 amide bonds. The summed E-state index contributed by atoms with van der Waals surface area (Å²) in [5, 5.41) is 14.1. The Balaban J connectivity index is 1.56. The number of amides is 1. The Hall–Kier alpha value is -4.45. The summed E-state index contributed by atoms with van der Waals surface area (Å²) in [5.41, 5.74) is 4.13. The molecule has 2 aromatic heterocycles. The van der Waals surface area contributed by atoms with Gasteiger partial charge in [-0.1, -0.05) is 18.2 Å². The third kappa shape index (κ3) is 4.01. The van der Waals surface area contributed by atoms with Gasteiger partial charge in [0.15, 0.2) is 0 Å². The lowest BCUT2D eigenvalue weighted by molar-refractivity contribution is 0.0727. The van der Waals surface area contributed by atoms with Crippen LogP contribution in [0.3, 0.4) is 0 Å². The van der Waals surface area contributed by atoms with Gasteiger partial charge in [0, 0.05) is 47.6 Å². The Bertz CT molecular complexity index is 1430. The van der Waals surface area contributed by atoms with Gasteiger partial charge in [-0.2, -0.15) is 10.4 Å². The van der Waals surface area contributed by atoms with Crippen LogP contribution in [0.1, 0.15) is 32.9 Å². The summed E-state index contributed by atoms with van der Waals surface area (Å²) in [6, 6.07) is 14.2. The van der Waals surface area contributed by atoms with E-state index in [4.69, 9.17) is 5.10 Å². The highest BCUT2D eigenvalue weighted by Gasteiger charge is 2.29. The Morgan fingerprint density at radius 2 is 2.03 bits per heavy atom. The van der Waals surface area contributed by atoms with Gasteiger partial charge in [-0.15, -0.1) is 0 Å². The predicted octanol–water partition coefficient (Wildman–Crippen LogP) is 3.74. The Labute approximate surface area is 193 Å². The zero-order valence-corrected chi connectivity index (χ0v) is 17.9. The summed E-state index contributed by atoms with van der Waals surface area (Å²) in [6.45, 7) is 0.841. The minimum Gasteiger partial charge on any atom is -0.332 e. The Morgan fingerprint density at radius 1 is 1.15 bits per heavy atom. The third-order valence-electron chi connectivity index (χ3n) is 5.82. The summed E-state index contributed by atoms with van der Waals surface area (Å²) in [6.07, 6.45) is 3.35. The van der Waals surface area contributed by atoms with Crippen LogP contribution in [-0.2, 0) is 19.5 Å². The fourth-order valence-corrected chi connectivity index (χ4v) is 4.15. The first-order valence-electron chi connectivity index (χ1n) is 10.6. The highest BCUT2D eigenvalue weighted by atomic mass is 19.1. The number of hydrogen-bond donors (Lipinski definition) is 0. The van der Waals surface area contributed by atoms with Crippen molar-refractivity contribution >= 4 is 5.91 Å². The average molecular weight is 456 g/mol. The van der Waals surface area contributed by atoms with Crippen molar-refractivity contribution in [3.63, 3.8) is 0 Å². The van der Waals surface area contributed by atoms with Crippen LogP contribution < -0.4 is 0 Å². The van der Waals surface area contributed by atoms with Crippen molar-refractivity contribution in [3.05, 3.63) is 101 Å². The second-order valence-electron chi connectivity index (χ2n) is 7.93. The van der Waals surface area contributed by atoms with Crippen LogP contribution in [0.5, 0.6) is 0 Å². The molecule has 7 nitrogen and oxygen atoms in total. The largest absolute Gasteiger partial charge is 0.332 e. The lowest BCUT2D eigenvalue weighted by Crippen LogP contribution is -2.37. The van der Waals surface area contributed by atoms with Gasteiger partial charge in [-0.05, 0) is 24.3 Å². The fraction of sp³-hybridized carbons (Fsp3) is 0.160. The van der Waals surface area contributed by atoms with Crippen molar-refractivity contribution in [2.75, 3.05) is 6.54 Å². The molecule has 1 aliphatic heterocycles. The van der Waals surface area contributed by atoms with Crippen LogP contribution in [0.15, 0.2) is 61.1 Å². The summed E-state index contributed by atoms with van der Waals surface area (Å²) in [5.74, 6) is -1.51. The maximum atomic E-state index is 14.4.